The Morgan fingerprint density at radius 1 is 1.13 bits per heavy atom. The van der Waals surface area contributed by atoms with E-state index < -0.39 is 5.91 Å². The molecule has 2 N–H and O–H groups in total. The minimum Gasteiger partial charge on any atom is -0.374 e. The van der Waals surface area contributed by atoms with Gasteiger partial charge in [0.05, 0.1) is 47.1 Å². The number of anilines is 2. The maximum atomic E-state index is 13.1. The Morgan fingerprint density at radius 2 is 2.03 bits per heavy atom. The van der Waals surface area contributed by atoms with Crippen LogP contribution in [0.5, 0.6) is 0 Å². The molecule has 1 atom stereocenters. The van der Waals surface area contributed by atoms with Gasteiger partial charge in [0.1, 0.15) is 0 Å². The number of rotatable bonds is 6. The molecule has 6 rings (SSSR count). The molecule has 2 amide bonds. The van der Waals surface area contributed by atoms with Crippen molar-refractivity contribution in [3.63, 3.8) is 0 Å². The minimum absolute atomic E-state index is 0.0738. The highest BCUT2D eigenvalue weighted by Crippen LogP contribution is 2.34. The fourth-order valence-electron chi connectivity index (χ4n) is 5.25. The van der Waals surface area contributed by atoms with Crippen LogP contribution in [0.25, 0.3) is 16.6 Å². The van der Waals surface area contributed by atoms with E-state index in [1.54, 1.807) is 46.8 Å². The van der Waals surface area contributed by atoms with Crippen molar-refractivity contribution >= 4 is 28.7 Å². The summed E-state index contributed by atoms with van der Waals surface area (Å²) < 4.78 is 9.23. The molecule has 2 fully saturated rings. The van der Waals surface area contributed by atoms with Crippen LogP contribution in [-0.4, -0.2) is 78.1 Å². The normalized spacial score (nSPS) is 19.4. The van der Waals surface area contributed by atoms with Crippen LogP contribution in [0.1, 0.15) is 35.4 Å². The van der Waals surface area contributed by atoms with Gasteiger partial charge in [0.2, 0.25) is 5.91 Å². The van der Waals surface area contributed by atoms with Crippen molar-refractivity contribution in [2.45, 2.75) is 31.8 Å². The number of ether oxygens (including phenoxy) is 1. The zero-order valence-electron chi connectivity index (χ0n) is 21.3. The summed E-state index contributed by atoms with van der Waals surface area (Å²) in [5, 5.41) is 18.2. The van der Waals surface area contributed by atoms with Gasteiger partial charge in [-0.15, -0.1) is 5.10 Å². The Morgan fingerprint density at radius 3 is 2.82 bits per heavy atom. The van der Waals surface area contributed by atoms with Crippen molar-refractivity contribution in [1.82, 2.24) is 34.5 Å². The predicted octanol–water partition coefficient (Wildman–Crippen LogP) is 2.28. The van der Waals surface area contributed by atoms with E-state index in [0.29, 0.717) is 22.6 Å². The quantitative estimate of drug-likeness (QED) is 0.400. The second kappa shape index (κ2) is 9.62. The van der Waals surface area contributed by atoms with E-state index in [0.717, 1.165) is 50.1 Å². The third-order valence-electron chi connectivity index (χ3n) is 7.23. The molecular formula is C26H29N9O3. The van der Waals surface area contributed by atoms with Crippen LogP contribution in [0.3, 0.4) is 0 Å². The van der Waals surface area contributed by atoms with Crippen LogP contribution >= 0.6 is 0 Å². The summed E-state index contributed by atoms with van der Waals surface area (Å²) in [7, 11) is 1.85. The van der Waals surface area contributed by atoms with Gasteiger partial charge in [0.15, 0.2) is 5.69 Å². The Hall–Kier alpha value is -4.16. The van der Waals surface area contributed by atoms with Crippen molar-refractivity contribution < 1.29 is 14.3 Å². The zero-order valence-corrected chi connectivity index (χ0v) is 21.3. The second-order valence-corrected chi connectivity index (χ2v) is 10.0. The third-order valence-corrected chi connectivity index (χ3v) is 7.23. The molecule has 4 aromatic heterocycles. The lowest BCUT2D eigenvalue weighted by Gasteiger charge is -2.23. The fourth-order valence-corrected chi connectivity index (χ4v) is 5.25. The zero-order chi connectivity index (χ0) is 26.3. The van der Waals surface area contributed by atoms with Crippen molar-refractivity contribution in [3.8, 4) is 11.1 Å². The van der Waals surface area contributed by atoms with Gasteiger partial charge in [0, 0.05) is 50.3 Å². The van der Waals surface area contributed by atoms with Gasteiger partial charge in [-0.25, -0.2) is 4.52 Å². The number of amides is 2. The Bertz CT molecular complexity index is 1520. The van der Waals surface area contributed by atoms with E-state index in [4.69, 9.17) is 4.74 Å². The monoisotopic (exact) mass is 515 g/mol. The highest BCUT2D eigenvalue weighted by atomic mass is 16.5. The molecule has 2 aliphatic heterocycles. The highest BCUT2D eigenvalue weighted by Gasteiger charge is 2.41. The molecule has 2 saturated heterocycles. The molecule has 0 radical (unpaired) electrons. The number of hydrogen-bond acceptors (Lipinski definition) is 8. The van der Waals surface area contributed by atoms with E-state index >= 15 is 0 Å². The van der Waals surface area contributed by atoms with Gasteiger partial charge in [-0.2, -0.15) is 5.10 Å². The summed E-state index contributed by atoms with van der Waals surface area (Å²) in [6.45, 7) is 4.51. The molecule has 0 saturated carbocycles. The Kier molecular flexibility index (Phi) is 6.12. The van der Waals surface area contributed by atoms with Gasteiger partial charge in [-0.1, -0.05) is 11.3 Å². The standard InChI is InChI=1S/C26H29N9O3/c1-17-21(10-20(12-27-17)29-23(36)15-34-8-7-26(16-34)6-3-9-38-26)30-25(37)24-22-5-4-18(14-35(22)32-31-24)19-11-28-33(2)13-19/h4-5,10-14H,3,6-9,15-16H2,1-2H3,(H,29,36)(H,30,37). The summed E-state index contributed by atoms with van der Waals surface area (Å²) in [6.07, 6.45) is 10.2. The molecule has 1 unspecified atom stereocenters. The molecule has 0 aromatic carbocycles. The Balaban J connectivity index is 1.12. The van der Waals surface area contributed by atoms with Gasteiger partial charge < -0.3 is 15.4 Å². The van der Waals surface area contributed by atoms with Crippen molar-refractivity contribution in [2.75, 3.05) is 36.9 Å². The SMILES string of the molecule is Cc1ncc(NC(=O)CN2CCC3(CCCO3)C2)cc1NC(=O)c1nnn2cc(-c3cnn(C)c3)ccc12. The number of fused-ring (bicyclic) bond motifs is 1. The van der Waals surface area contributed by atoms with Crippen molar-refractivity contribution in [2.24, 2.45) is 7.05 Å². The van der Waals surface area contributed by atoms with Crippen molar-refractivity contribution in [3.05, 3.63) is 54.4 Å². The van der Waals surface area contributed by atoms with Crippen LogP contribution in [0.4, 0.5) is 11.4 Å². The lowest BCUT2D eigenvalue weighted by Crippen LogP contribution is -2.36. The molecule has 12 nitrogen and oxygen atoms in total. The number of pyridine rings is 2. The molecule has 38 heavy (non-hydrogen) atoms. The smallest absolute Gasteiger partial charge is 0.278 e. The first kappa shape index (κ1) is 24.2. The van der Waals surface area contributed by atoms with E-state index in [-0.39, 0.29) is 23.7 Å². The molecule has 196 valence electrons. The van der Waals surface area contributed by atoms with Gasteiger partial charge in [-0.3, -0.25) is 24.2 Å². The molecule has 0 bridgehead atoms. The summed E-state index contributed by atoms with van der Waals surface area (Å²) in [5.74, 6) is -0.543. The van der Waals surface area contributed by atoms with Crippen LogP contribution in [0.2, 0.25) is 0 Å². The highest BCUT2D eigenvalue weighted by molar-refractivity contribution is 6.08. The van der Waals surface area contributed by atoms with Crippen LogP contribution in [0, 0.1) is 6.92 Å². The maximum absolute atomic E-state index is 13.1. The summed E-state index contributed by atoms with van der Waals surface area (Å²) in [4.78, 5) is 32.3. The molecule has 2 aliphatic rings. The van der Waals surface area contributed by atoms with E-state index in [9.17, 15) is 9.59 Å². The molecule has 6 heterocycles. The number of aromatic nitrogens is 6. The lowest BCUT2D eigenvalue weighted by atomic mass is 10.00. The number of likely N-dealkylation sites (tertiary alicyclic amines) is 1. The van der Waals surface area contributed by atoms with E-state index in [1.165, 1.54) is 0 Å². The topological polar surface area (TPSA) is 132 Å². The lowest BCUT2D eigenvalue weighted by molar-refractivity contribution is -0.117. The number of carbonyl (C=O) groups is 2. The largest absolute Gasteiger partial charge is 0.374 e. The summed E-state index contributed by atoms with van der Waals surface area (Å²) in [5.41, 5.74) is 4.14. The van der Waals surface area contributed by atoms with Crippen LogP contribution in [0.15, 0.2) is 43.0 Å². The molecule has 1 spiro atoms. The minimum atomic E-state index is -0.415. The second-order valence-electron chi connectivity index (χ2n) is 10.0. The summed E-state index contributed by atoms with van der Waals surface area (Å²) in [6, 6.07) is 5.41. The number of nitrogens with one attached hydrogen (secondary N) is 2. The van der Waals surface area contributed by atoms with Gasteiger partial charge in [-0.05, 0) is 38.3 Å². The number of carbonyl (C=O) groups excluding carboxylic acids is 2. The van der Waals surface area contributed by atoms with E-state index in [1.807, 2.05) is 19.3 Å². The third kappa shape index (κ3) is 4.75. The van der Waals surface area contributed by atoms with Crippen LogP contribution < -0.4 is 10.6 Å². The Labute approximate surface area is 219 Å². The van der Waals surface area contributed by atoms with Crippen LogP contribution in [-0.2, 0) is 16.6 Å². The van der Waals surface area contributed by atoms with Gasteiger partial charge in [0.25, 0.3) is 5.91 Å². The summed E-state index contributed by atoms with van der Waals surface area (Å²) >= 11 is 0. The predicted molar refractivity (Wildman–Crippen MR) is 140 cm³/mol. The first-order valence-electron chi connectivity index (χ1n) is 12.7. The first-order chi connectivity index (χ1) is 18.4. The average Bonchev–Trinajstić information content (AvgIpc) is 3.69. The average molecular weight is 516 g/mol. The molecular weight excluding hydrogens is 486 g/mol. The molecule has 0 aliphatic carbocycles. The maximum Gasteiger partial charge on any atom is 0.278 e. The van der Waals surface area contributed by atoms with E-state index in [2.05, 4.69) is 35.9 Å². The number of nitrogens with zero attached hydrogens (tertiary/aromatic N) is 7. The number of hydrogen-bond donors (Lipinski definition) is 2. The fraction of sp³-hybridized carbons (Fsp3) is 0.385. The molecule has 12 heteroatoms. The first-order valence-corrected chi connectivity index (χ1v) is 12.7. The van der Waals surface area contributed by atoms with Gasteiger partial charge >= 0.3 is 0 Å². The van der Waals surface area contributed by atoms with Crippen molar-refractivity contribution in [1.29, 1.82) is 0 Å². The number of aryl methyl sites for hydroxylation is 2. The molecule has 4 aromatic rings.